The van der Waals surface area contributed by atoms with Crippen LogP contribution in [0.4, 0.5) is 5.95 Å². The van der Waals surface area contributed by atoms with Crippen LogP contribution in [0.1, 0.15) is 27.2 Å². The molecule has 0 saturated carbocycles. The summed E-state index contributed by atoms with van der Waals surface area (Å²) in [4.78, 5) is 24.2. The average Bonchev–Trinajstić information content (AvgIpc) is 2.69. The highest BCUT2D eigenvalue weighted by atomic mass is 16.5. The Morgan fingerprint density at radius 1 is 1.43 bits per heavy atom. The highest BCUT2D eigenvalue weighted by molar-refractivity contribution is 5.80. The van der Waals surface area contributed by atoms with Crippen LogP contribution in [0.15, 0.2) is 6.33 Å². The van der Waals surface area contributed by atoms with Gasteiger partial charge in [0.1, 0.15) is 6.33 Å². The molecule has 0 aliphatic heterocycles. The van der Waals surface area contributed by atoms with E-state index in [4.69, 9.17) is 10.5 Å². The van der Waals surface area contributed by atoms with Crippen molar-refractivity contribution in [3.63, 3.8) is 0 Å². The minimum atomic E-state index is -0.259. The fraction of sp³-hybridized carbons (Fsp3) is 0.538. The zero-order valence-electron chi connectivity index (χ0n) is 12.7. The molecule has 3 N–H and O–H groups in total. The standard InChI is InChI=1S/C13H20N6O2/c1-13(2,3)18-8(20)5-6-19-10-9(17-12(19)14)11(21-4)16-7-15-10/h7H,5-6H2,1-4H3,(H2,14,17)(H,18,20). The molecule has 114 valence electrons. The monoisotopic (exact) mass is 292 g/mol. The van der Waals surface area contributed by atoms with Crippen LogP contribution in [0.25, 0.3) is 11.2 Å². The van der Waals surface area contributed by atoms with Crippen molar-refractivity contribution in [3.05, 3.63) is 6.33 Å². The van der Waals surface area contributed by atoms with Gasteiger partial charge in [-0.15, -0.1) is 0 Å². The van der Waals surface area contributed by atoms with Gasteiger partial charge in [0.25, 0.3) is 0 Å². The number of aromatic nitrogens is 4. The number of ether oxygens (including phenoxy) is 1. The summed E-state index contributed by atoms with van der Waals surface area (Å²) in [6.07, 6.45) is 1.67. The van der Waals surface area contributed by atoms with Gasteiger partial charge in [-0.1, -0.05) is 0 Å². The van der Waals surface area contributed by atoms with E-state index >= 15 is 0 Å². The number of nitrogen functional groups attached to an aromatic ring is 1. The predicted octanol–water partition coefficient (Wildman–Crippen LogP) is 0.722. The molecular formula is C13H20N6O2. The van der Waals surface area contributed by atoms with Crippen LogP contribution in [0.3, 0.4) is 0 Å². The van der Waals surface area contributed by atoms with Crippen LogP contribution in [0.2, 0.25) is 0 Å². The lowest BCUT2D eigenvalue weighted by Crippen LogP contribution is -2.40. The molecule has 0 atom stereocenters. The van der Waals surface area contributed by atoms with Crippen molar-refractivity contribution in [3.8, 4) is 5.88 Å². The number of nitrogens with two attached hydrogens (primary N) is 1. The van der Waals surface area contributed by atoms with Gasteiger partial charge in [-0.3, -0.25) is 9.36 Å². The normalized spacial score (nSPS) is 11.6. The van der Waals surface area contributed by atoms with E-state index < -0.39 is 0 Å². The summed E-state index contributed by atoms with van der Waals surface area (Å²) in [7, 11) is 1.51. The maximum atomic E-state index is 11.9. The number of anilines is 1. The zero-order chi connectivity index (χ0) is 15.6. The maximum absolute atomic E-state index is 11.9. The SMILES string of the molecule is COc1ncnc2c1nc(N)n2CCC(=O)NC(C)(C)C. The smallest absolute Gasteiger partial charge is 0.245 e. The Balaban J connectivity index is 2.19. The summed E-state index contributed by atoms with van der Waals surface area (Å²) in [5.41, 5.74) is 6.68. The van der Waals surface area contributed by atoms with Crippen LogP contribution in [0.5, 0.6) is 5.88 Å². The predicted molar refractivity (Wildman–Crippen MR) is 78.8 cm³/mol. The Bertz CT molecular complexity index is 658. The van der Waals surface area contributed by atoms with Crippen molar-refractivity contribution in [2.24, 2.45) is 0 Å². The third kappa shape index (κ3) is 3.39. The Hall–Kier alpha value is -2.38. The largest absolute Gasteiger partial charge is 0.479 e. The molecule has 0 fully saturated rings. The topological polar surface area (TPSA) is 108 Å². The fourth-order valence-corrected chi connectivity index (χ4v) is 2.00. The van der Waals surface area contributed by atoms with E-state index in [1.165, 1.54) is 13.4 Å². The number of nitrogens with one attached hydrogen (secondary N) is 1. The molecular weight excluding hydrogens is 272 g/mol. The summed E-state index contributed by atoms with van der Waals surface area (Å²) in [5, 5.41) is 2.90. The van der Waals surface area contributed by atoms with Crippen LogP contribution in [0, 0.1) is 0 Å². The number of hydrogen-bond donors (Lipinski definition) is 2. The number of hydrogen-bond acceptors (Lipinski definition) is 6. The number of amides is 1. The molecule has 0 spiro atoms. The summed E-state index contributed by atoms with van der Waals surface area (Å²) in [6.45, 7) is 6.20. The van der Waals surface area contributed by atoms with Gasteiger partial charge in [0.15, 0.2) is 11.2 Å². The number of carbonyl (C=O) groups excluding carboxylic acids is 1. The molecule has 8 heteroatoms. The summed E-state index contributed by atoms with van der Waals surface area (Å²) >= 11 is 0. The van der Waals surface area contributed by atoms with Crippen LogP contribution >= 0.6 is 0 Å². The van der Waals surface area contributed by atoms with Gasteiger partial charge in [0.05, 0.1) is 7.11 Å². The van der Waals surface area contributed by atoms with E-state index in [2.05, 4.69) is 20.3 Å². The van der Waals surface area contributed by atoms with Gasteiger partial charge >= 0.3 is 0 Å². The molecule has 2 aromatic rings. The lowest BCUT2D eigenvalue weighted by atomic mass is 10.1. The molecule has 0 bridgehead atoms. The molecule has 0 saturated heterocycles. The maximum Gasteiger partial charge on any atom is 0.245 e. The minimum Gasteiger partial charge on any atom is -0.479 e. The van der Waals surface area contributed by atoms with E-state index in [1.807, 2.05) is 20.8 Å². The van der Waals surface area contributed by atoms with E-state index in [0.717, 1.165) is 0 Å². The van der Waals surface area contributed by atoms with Gasteiger partial charge in [-0.25, -0.2) is 9.97 Å². The first-order chi connectivity index (χ1) is 9.81. The second-order valence-electron chi connectivity index (χ2n) is 5.72. The van der Waals surface area contributed by atoms with Gasteiger partial charge in [-0.05, 0) is 20.8 Å². The molecule has 0 aromatic carbocycles. The highest BCUT2D eigenvalue weighted by Gasteiger charge is 2.17. The molecule has 0 radical (unpaired) electrons. The van der Waals surface area contributed by atoms with Crippen LogP contribution in [-0.2, 0) is 11.3 Å². The van der Waals surface area contributed by atoms with Crippen molar-refractivity contribution >= 4 is 23.0 Å². The van der Waals surface area contributed by atoms with Crippen LogP contribution in [-0.4, -0.2) is 38.1 Å². The Morgan fingerprint density at radius 2 is 2.14 bits per heavy atom. The van der Waals surface area contributed by atoms with Gasteiger partial charge in [-0.2, -0.15) is 4.98 Å². The lowest BCUT2D eigenvalue weighted by Gasteiger charge is -2.20. The zero-order valence-corrected chi connectivity index (χ0v) is 12.7. The molecule has 8 nitrogen and oxygen atoms in total. The number of imidazole rings is 1. The van der Waals surface area contributed by atoms with E-state index in [-0.39, 0.29) is 17.4 Å². The van der Waals surface area contributed by atoms with E-state index in [0.29, 0.717) is 30.0 Å². The van der Waals surface area contributed by atoms with Crippen molar-refractivity contribution in [2.45, 2.75) is 39.3 Å². The second-order valence-corrected chi connectivity index (χ2v) is 5.72. The quantitative estimate of drug-likeness (QED) is 0.859. The average molecular weight is 292 g/mol. The Labute approximate surface area is 122 Å². The number of carbonyl (C=O) groups is 1. The third-order valence-electron chi connectivity index (χ3n) is 2.80. The Morgan fingerprint density at radius 3 is 2.76 bits per heavy atom. The molecule has 0 aliphatic carbocycles. The first-order valence-corrected chi connectivity index (χ1v) is 6.63. The number of methoxy groups -OCH3 is 1. The van der Waals surface area contributed by atoms with E-state index in [9.17, 15) is 4.79 Å². The number of rotatable bonds is 4. The molecule has 0 unspecified atom stereocenters. The van der Waals surface area contributed by atoms with Crippen molar-refractivity contribution in [2.75, 3.05) is 12.8 Å². The summed E-state index contributed by atoms with van der Waals surface area (Å²) < 4.78 is 6.81. The first kappa shape index (κ1) is 15.0. The minimum absolute atomic E-state index is 0.0511. The number of fused-ring (bicyclic) bond motifs is 1. The number of nitrogens with zero attached hydrogens (tertiary/aromatic N) is 4. The second kappa shape index (κ2) is 5.55. The Kier molecular flexibility index (Phi) is 3.97. The van der Waals surface area contributed by atoms with Crippen molar-refractivity contribution in [1.29, 1.82) is 0 Å². The van der Waals surface area contributed by atoms with Crippen molar-refractivity contribution in [1.82, 2.24) is 24.8 Å². The molecule has 2 heterocycles. The molecule has 2 rings (SSSR count). The summed E-state index contributed by atoms with van der Waals surface area (Å²) in [5.74, 6) is 0.599. The molecule has 1 amide bonds. The van der Waals surface area contributed by atoms with E-state index in [1.54, 1.807) is 4.57 Å². The lowest BCUT2D eigenvalue weighted by molar-refractivity contribution is -0.122. The van der Waals surface area contributed by atoms with Crippen molar-refractivity contribution < 1.29 is 9.53 Å². The van der Waals surface area contributed by atoms with Gasteiger partial charge < -0.3 is 15.8 Å². The first-order valence-electron chi connectivity index (χ1n) is 6.63. The van der Waals surface area contributed by atoms with Crippen LogP contribution < -0.4 is 15.8 Å². The van der Waals surface area contributed by atoms with Gasteiger partial charge in [0.2, 0.25) is 17.7 Å². The molecule has 0 aliphatic rings. The fourth-order valence-electron chi connectivity index (χ4n) is 2.00. The molecule has 21 heavy (non-hydrogen) atoms. The third-order valence-corrected chi connectivity index (χ3v) is 2.80. The highest BCUT2D eigenvalue weighted by Crippen LogP contribution is 2.22. The number of aryl methyl sites for hydroxylation is 1. The van der Waals surface area contributed by atoms with Gasteiger partial charge in [0, 0.05) is 18.5 Å². The molecule has 2 aromatic heterocycles. The summed E-state index contributed by atoms with van der Waals surface area (Å²) in [6, 6.07) is 0.